The molecule has 1 aliphatic rings. The van der Waals surface area contributed by atoms with Gasteiger partial charge in [0.15, 0.2) is 0 Å². The monoisotopic (exact) mass is 440 g/mol. The predicted molar refractivity (Wildman–Crippen MR) is 129 cm³/mol. The molecule has 0 radical (unpaired) electrons. The van der Waals surface area contributed by atoms with E-state index in [9.17, 15) is 4.79 Å². The van der Waals surface area contributed by atoms with Gasteiger partial charge in [0.25, 0.3) is 0 Å². The summed E-state index contributed by atoms with van der Waals surface area (Å²) in [7, 11) is 0. The number of carbonyl (C=O) groups is 1. The number of rotatable bonds is 5. The number of hydrogen-bond acceptors (Lipinski definition) is 4. The lowest BCUT2D eigenvalue weighted by Gasteiger charge is -2.32. The fraction of sp³-hybridized carbons (Fsp3) is 0.308. The van der Waals surface area contributed by atoms with Crippen LogP contribution in [0.1, 0.15) is 36.9 Å². The Labute approximate surface area is 193 Å². The van der Waals surface area contributed by atoms with Gasteiger partial charge in [-0.15, -0.1) is 0 Å². The van der Waals surface area contributed by atoms with E-state index in [1.54, 1.807) is 18.6 Å². The van der Waals surface area contributed by atoms with Crippen LogP contribution in [0, 0.1) is 12.8 Å². The predicted octanol–water partition coefficient (Wildman–Crippen LogP) is 5.05. The molecule has 1 aliphatic carbocycles. The maximum atomic E-state index is 12.8. The third kappa shape index (κ3) is 4.87. The molecule has 7 nitrogen and oxygen atoms in total. The molecule has 0 spiro atoms. The van der Waals surface area contributed by atoms with Crippen molar-refractivity contribution in [2.45, 2.75) is 45.1 Å². The molecule has 7 heteroatoms. The molecule has 168 valence electrons. The summed E-state index contributed by atoms with van der Waals surface area (Å²) in [5, 5.41) is 11.5. The second-order valence-corrected chi connectivity index (χ2v) is 8.78. The highest BCUT2D eigenvalue weighted by atomic mass is 16.2. The molecule has 4 aromatic rings. The van der Waals surface area contributed by atoms with E-state index in [1.165, 1.54) is 12.0 Å². The number of aromatic nitrogens is 4. The van der Waals surface area contributed by atoms with E-state index in [4.69, 9.17) is 0 Å². The summed E-state index contributed by atoms with van der Waals surface area (Å²) in [6, 6.07) is 16.2. The number of nitrogens with one attached hydrogen (secondary N) is 2. The Balaban J connectivity index is 1.26. The summed E-state index contributed by atoms with van der Waals surface area (Å²) in [6.07, 6.45) is 10.8. The Morgan fingerprint density at radius 2 is 1.91 bits per heavy atom. The molecule has 0 saturated heterocycles. The maximum absolute atomic E-state index is 12.8. The second-order valence-electron chi connectivity index (χ2n) is 8.78. The van der Waals surface area contributed by atoms with Crippen LogP contribution in [0.5, 0.6) is 0 Å². The lowest BCUT2D eigenvalue weighted by atomic mass is 9.81. The topological polar surface area (TPSA) is 84.7 Å². The lowest BCUT2D eigenvalue weighted by Crippen LogP contribution is -2.44. The second kappa shape index (κ2) is 9.40. The average molecular weight is 441 g/mol. The highest BCUT2D eigenvalue weighted by Crippen LogP contribution is 2.28. The van der Waals surface area contributed by atoms with Crippen LogP contribution in [0.15, 0.2) is 67.1 Å². The minimum atomic E-state index is -0.205. The molecule has 5 rings (SSSR count). The molecule has 1 aromatic carbocycles. The molecular formula is C26H28N6O. The van der Waals surface area contributed by atoms with Gasteiger partial charge in [-0.3, -0.25) is 10.3 Å². The Hall–Kier alpha value is -3.74. The average Bonchev–Trinajstić information content (AvgIpc) is 3.24. The summed E-state index contributed by atoms with van der Waals surface area (Å²) in [5.74, 6) is 0.963. The van der Waals surface area contributed by atoms with Crippen LogP contribution in [0.3, 0.4) is 0 Å². The van der Waals surface area contributed by atoms with Crippen LogP contribution in [0.2, 0.25) is 0 Å². The normalized spacial score (nSPS) is 18.2. The van der Waals surface area contributed by atoms with E-state index in [0.29, 0.717) is 11.7 Å². The quantitative estimate of drug-likeness (QED) is 0.455. The first kappa shape index (κ1) is 21.1. The minimum Gasteiger partial charge on any atom is -0.335 e. The zero-order valence-electron chi connectivity index (χ0n) is 18.7. The van der Waals surface area contributed by atoms with Crippen LogP contribution >= 0.6 is 0 Å². The SMILES string of the molecule is Cc1cc(-n2ncc3cc(NC(=O)N[C@H]4CCCC[C@H]4Cc4ccccc4)ncc32)ccn1. The lowest BCUT2D eigenvalue weighted by molar-refractivity contribution is 0.227. The molecule has 0 aliphatic heterocycles. The van der Waals surface area contributed by atoms with Gasteiger partial charge >= 0.3 is 6.03 Å². The number of pyridine rings is 2. The highest BCUT2D eigenvalue weighted by molar-refractivity contribution is 5.91. The van der Waals surface area contributed by atoms with Gasteiger partial charge in [0.1, 0.15) is 5.82 Å². The van der Waals surface area contributed by atoms with Gasteiger partial charge < -0.3 is 5.32 Å². The van der Waals surface area contributed by atoms with Gasteiger partial charge in [0.2, 0.25) is 0 Å². The van der Waals surface area contributed by atoms with Gasteiger partial charge in [-0.2, -0.15) is 5.10 Å². The van der Waals surface area contributed by atoms with Crippen molar-refractivity contribution >= 4 is 22.8 Å². The minimum absolute atomic E-state index is 0.167. The first-order valence-electron chi connectivity index (χ1n) is 11.5. The molecule has 1 fully saturated rings. The zero-order chi connectivity index (χ0) is 22.6. The summed E-state index contributed by atoms with van der Waals surface area (Å²) in [5.41, 5.74) is 4.05. The number of fused-ring (bicyclic) bond motifs is 1. The Morgan fingerprint density at radius 3 is 2.76 bits per heavy atom. The molecule has 3 aromatic heterocycles. The molecule has 0 unspecified atom stereocenters. The van der Waals surface area contributed by atoms with Crippen LogP contribution in [0.25, 0.3) is 16.6 Å². The van der Waals surface area contributed by atoms with Crippen molar-refractivity contribution in [3.05, 3.63) is 78.4 Å². The van der Waals surface area contributed by atoms with E-state index < -0.39 is 0 Å². The van der Waals surface area contributed by atoms with Crippen molar-refractivity contribution in [3.63, 3.8) is 0 Å². The number of aryl methyl sites for hydroxylation is 1. The van der Waals surface area contributed by atoms with Gasteiger partial charge in [-0.25, -0.2) is 14.5 Å². The first-order valence-corrected chi connectivity index (χ1v) is 11.5. The van der Waals surface area contributed by atoms with Crippen LogP contribution in [-0.4, -0.2) is 31.8 Å². The molecular weight excluding hydrogens is 412 g/mol. The van der Waals surface area contributed by atoms with Gasteiger partial charge in [-0.1, -0.05) is 43.2 Å². The highest BCUT2D eigenvalue weighted by Gasteiger charge is 2.26. The fourth-order valence-electron chi connectivity index (χ4n) is 4.74. The number of anilines is 1. The molecule has 2 amide bonds. The maximum Gasteiger partial charge on any atom is 0.320 e. The van der Waals surface area contributed by atoms with Crippen LogP contribution in [-0.2, 0) is 6.42 Å². The van der Waals surface area contributed by atoms with Gasteiger partial charge in [0.05, 0.1) is 23.6 Å². The van der Waals surface area contributed by atoms with Crippen LogP contribution < -0.4 is 10.6 Å². The van der Waals surface area contributed by atoms with Crippen molar-refractivity contribution < 1.29 is 4.79 Å². The number of benzene rings is 1. The van der Waals surface area contributed by atoms with Crippen LogP contribution in [0.4, 0.5) is 10.6 Å². The molecule has 3 heterocycles. The standard InChI is InChI=1S/C26H28N6O/c1-18-13-22(11-12-27-18)32-24-17-28-25(15-21(24)16-29-32)31-26(33)30-23-10-6-5-9-20(23)14-19-7-3-2-4-8-19/h2-4,7-8,11-13,15-17,20,23H,5-6,9-10,14H2,1H3,(H2,28,30,31,33)/t20-,23-/m0/s1. The number of hydrogen-bond donors (Lipinski definition) is 2. The third-order valence-electron chi connectivity index (χ3n) is 6.39. The number of nitrogens with zero attached hydrogens (tertiary/aromatic N) is 4. The summed E-state index contributed by atoms with van der Waals surface area (Å²) in [4.78, 5) is 21.5. The number of carbonyl (C=O) groups excluding carboxylic acids is 1. The zero-order valence-corrected chi connectivity index (χ0v) is 18.7. The van der Waals surface area contributed by atoms with Crippen molar-refractivity contribution in [2.75, 3.05) is 5.32 Å². The number of amides is 2. The third-order valence-corrected chi connectivity index (χ3v) is 6.39. The molecule has 0 bridgehead atoms. The fourth-order valence-corrected chi connectivity index (χ4v) is 4.74. The molecule has 1 saturated carbocycles. The summed E-state index contributed by atoms with van der Waals surface area (Å²) < 4.78 is 1.83. The van der Waals surface area contributed by atoms with E-state index in [-0.39, 0.29) is 12.1 Å². The Morgan fingerprint density at radius 1 is 1.06 bits per heavy atom. The van der Waals surface area contributed by atoms with Gasteiger partial charge in [-0.05, 0) is 55.9 Å². The van der Waals surface area contributed by atoms with Crippen molar-refractivity contribution in [2.24, 2.45) is 5.92 Å². The van der Waals surface area contributed by atoms with E-state index in [2.05, 4.69) is 50.0 Å². The molecule has 2 atom stereocenters. The van der Waals surface area contributed by atoms with E-state index in [0.717, 1.165) is 48.0 Å². The van der Waals surface area contributed by atoms with E-state index in [1.807, 2.05) is 35.9 Å². The van der Waals surface area contributed by atoms with Gasteiger partial charge in [0, 0.05) is 23.3 Å². The molecule has 33 heavy (non-hydrogen) atoms. The Bertz CT molecular complexity index is 1250. The number of urea groups is 1. The van der Waals surface area contributed by atoms with Crippen molar-refractivity contribution in [1.82, 2.24) is 25.1 Å². The summed E-state index contributed by atoms with van der Waals surface area (Å²) in [6.45, 7) is 1.95. The smallest absolute Gasteiger partial charge is 0.320 e. The van der Waals surface area contributed by atoms with E-state index >= 15 is 0 Å². The van der Waals surface area contributed by atoms with Crippen molar-refractivity contribution in [1.29, 1.82) is 0 Å². The molecule has 2 N–H and O–H groups in total. The largest absolute Gasteiger partial charge is 0.335 e. The Kier molecular flexibility index (Phi) is 6.02. The first-order chi connectivity index (χ1) is 16.2. The summed E-state index contributed by atoms with van der Waals surface area (Å²) >= 11 is 0. The van der Waals surface area contributed by atoms with Crippen molar-refractivity contribution in [3.8, 4) is 5.69 Å².